The van der Waals surface area contributed by atoms with Gasteiger partial charge in [-0.25, -0.2) is 0 Å². The van der Waals surface area contributed by atoms with Gasteiger partial charge in [-0.05, 0) is 40.2 Å². The number of nitrogens with zero attached hydrogens (tertiary/aromatic N) is 2. The van der Waals surface area contributed by atoms with Gasteiger partial charge in [0.05, 0.1) is 11.5 Å². The number of furan rings is 1. The fourth-order valence-electron chi connectivity index (χ4n) is 1.75. The first-order valence-corrected chi connectivity index (χ1v) is 6.99. The summed E-state index contributed by atoms with van der Waals surface area (Å²) in [6, 6.07) is 7.41. The van der Waals surface area contributed by atoms with Gasteiger partial charge in [0.1, 0.15) is 10.8 Å². The molecular weight excluding hydrogens is 364 g/mol. The van der Waals surface area contributed by atoms with E-state index in [1.807, 2.05) is 0 Å². The Labute approximate surface area is 133 Å². The summed E-state index contributed by atoms with van der Waals surface area (Å²) in [6.07, 6.45) is 0. The Morgan fingerprint density at radius 2 is 2.14 bits per heavy atom. The fraction of sp³-hybridized carbons (Fsp3) is 0.154. The molecule has 0 aliphatic carbocycles. The third kappa shape index (κ3) is 3.62. The van der Waals surface area contributed by atoms with Gasteiger partial charge in [-0.2, -0.15) is 0 Å². The van der Waals surface area contributed by atoms with Crippen LogP contribution in [0.4, 0.5) is 5.69 Å². The monoisotopic (exact) mass is 372 g/mol. The van der Waals surface area contributed by atoms with Crippen molar-refractivity contribution in [1.29, 1.82) is 0 Å². The minimum Gasteiger partial charge on any atom is -0.452 e. The van der Waals surface area contributed by atoms with Crippen molar-refractivity contribution in [3.05, 3.63) is 61.5 Å². The van der Waals surface area contributed by atoms with E-state index in [2.05, 4.69) is 15.9 Å². The minimum absolute atomic E-state index is 0.00540. The number of amides is 1. The quantitative estimate of drug-likeness (QED) is 0.602. The summed E-state index contributed by atoms with van der Waals surface area (Å²) in [5, 5.41) is 10.8. The maximum absolute atomic E-state index is 12.2. The molecule has 8 heteroatoms. The summed E-state index contributed by atoms with van der Waals surface area (Å²) in [7, 11) is 1.58. The average molecular weight is 374 g/mol. The maximum Gasteiger partial charge on any atom is 0.288 e. The lowest BCUT2D eigenvalue weighted by Crippen LogP contribution is -2.26. The van der Waals surface area contributed by atoms with Crippen molar-refractivity contribution in [3.63, 3.8) is 0 Å². The summed E-state index contributed by atoms with van der Waals surface area (Å²) in [5.41, 5.74) is -0.101. The Bertz CT molecular complexity index is 701. The molecule has 1 amide bonds. The molecule has 2 rings (SSSR count). The van der Waals surface area contributed by atoms with Crippen molar-refractivity contribution in [3.8, 4) is 0 Å². The molecule has 1 aromatic heterocycles. The fourth-order valence-corrected chi connectivity index (χ4v) is 2.27. The van der Waals surface area contributed by atoms with Crippen LogP contribution in [0, 0.1) is 10.1 Å². The smallest absolute Gasteiger partial charge is 0.288 e. The van der Waals surface area contributed by atoms with Gasteiger partial charge in [0, 0.05) is 18.7 Å². The molecule has 110 valence electrons. The molecule has 1 heterocycles. The highest BCUT2D eigenvalue weighted by Crippen LogP contribution is 2.26. The second-order valence-electron chi connectivity index (χ2n) is 4.29. The molecule has 0 N–H and O–H groups in total. The molecule has 1 aromatic carbocycles. The number of hydrogen-bond acceptors (Lipinski definition) is 4. The zero-order chi connectivity index (χ0) is 15.6. The highest BCUT2D eigenvalue weighted by atomic mass is 79.9. The van der Waals surface area contributed by atoms with Gasteiger partial charge >= 0.3 is 0 Å². The standard InChI is InChI=1S/C13H10BrClN2O4/c1-16(7-9-3-5-12(14)21-9)13(18)8-2-4-10(15)11(6-8)17(19)20/h2-6H,7H2,1H3. The molecular formula is C13H10BrClN2O4. The molecule has 0 radical (unpaired) electrons. The normalized spacial score (nSPS) is 10.4. The summed E-state index contributed by atoms with van der Waals surface area (Å²) in [6.45, 7) is 0.251. The Morgan fingerprint density at radius 1 is 1.43 bits per heavy atom. The van der Waals surface area contributed by atoms with Gasteiger partial charge in [-0.3, -0.25) is 14.9 Å². The Kier molecular flexibility index (Phi) is 4.64. The topological polar surface area (TPSA) is 76.6 Å². The van der Waals surface area contributed by atoms with Crippen molar-refractivity contribution in [2.24, 2.45) is 0 Å². The molecule has 0 saturated heterocycles. The molecule has 21 heavy (non-hydrogen) atoms. The van der Waals surface area contributed by atoms with Crippen LogP contribution in [-0.2, 0) is 6.54 Å². The number of nitro benzene ring substituents is 1. The predicted molar refractivity (Wildman–Crippen MR) is 80.3 cm³/mol. The highest BCUT2D eigenvalue weighted by Gasteiger charge is 2.19. The number of nitro groups is 1. The van der Waals surface area contributed by atoms with Crippen LogP contribution in [0.2, 0.25) is 5.02 Å². The third-order valence-electron chi connectivity index (χ3n) is 2.76. The van der Waals surface area contributed by atoms with E-state index in [-0.39, 0.29) is 28.7 Å². The first-order chi connectivity index (χ1) is 9.88. The van der Waals surface area contributed by atoms with Crippen molar-refractivity contribution in [1.82, 2.24) is 4.90 Å². The number of carbonyl (C=O) groups excluding carboxylic acids is 1. The Balaban J connectivity index is 2.19. The van der Waals surface area contributed by atoms with Gasteiger partial charge in [0.15, 0.2) is 4.67 Å². The average Bonchev–Trinajstić information content (AvgIpc) is 2.83. The lowest BCUT2D eigenvalue weighted by Gasteiger charge is -2.15. The molecule has 2 aromatic rings. The van der Waals surface area contributed by atoms with E-state index >= 15 is 0 Å². The Hall–Kier alpha value is -1.86. The summed E-state index contributed by atoms with van der Waals surface area (Å²) in [4.78, 5) is 23.9. The van der Waals surface area contributed by atoms with Crippen LogP contribution < -0.4 is 0 Å². The number of halogens is 2. The molecule has 0 aliphatic rings. The van der Waals surface area contributed by atoms with Crippen LogP contribution >= 0.6 is 27.5 Å². The van der Waals surface area contributed by atoms with Crippen molar-refractivity contribution in [2.45, 2.75) is 6.54 Å². The van der Waals surface area contributed by atoms with Crippen LogP contribution in [0.1, 0.15) is 16.1 Å². The van der Waals surface area contributed by atoms with E-state index in [9.17, 15) is 14.9 Å². The number of carbonyl (C=O) groups is 1. The SMILES string of the molecule is CN(Cc1ccc(Br)o1)C(=O)c1ccc(Cl)c([N+](=O)[O-])c1. The molecule has 0 spiro atoms. The summed E-state index contributed by atoms with van der Waals surface area (Å²) < 4.78 is 5.88. The van der Waals surface area contributed by atoms with Gasteiger partial charge in [0.2, 0.25) is 0 Å². The Morgan fingerprint density at radius 3 is 2.71 bits per heavy atom. The van der Waals surface area contributed by atoms with E-state index in [4.69, 9.17) is 16.0 Å². The number of hydrogen-bond donors (Lipinski definition) is 0. The second kappa shape index (κ2) is 6.28. The predicted octanol–water partition coefficient (Wildman–Crippen LogP) is 3.88. The number of benzene rings is 1. The van der Waals surface area contributed by atoms with E-state index in [0.717, 1.165) is 0 Å². The van der Waals surface area contributed by atoms with E-state index in [1.54, 1.807) is 19.2 Å². The molecule has 0 fully saturated rings. The van der Waals surface area contributed by atoms with Crippen molar-refractivity contribution in [2.75, 3.05) is 7.05 Å². The van der Waals surface area contributed by atoms with Gasteiger partial charge in [-0.15, -0.1) is 0 Å². The van der Waals surface area contributed by atoms with E-state index in [0.29, 0.717) is 10.4 Å². The van der Waals surface area contributed by atoms with Crippen LogP contribution in [-0.4, -0.2) is 22.8 Å². The molecule has 0 unspecified atom stereocenters. The van der Waals surface area contributed by atoms with Crippen LogP contribution in [0.3, 0.4) is 0 Å². The van der Waals surface area contributed by atoms with E-state index in [1.165, 1.54) is 23.1 Å². The molecule has 0 bridgehead atoms. The minimum atomic E-state index is -0.622. The lowest BCUT2D eigenvalue weighted by molar-refractivity contribution is -0.384. The van der Waals surface area contributed by atoms with Gasteiger partial charge in [0.25, 0.3) is 11.6 Å². The van der Waals surface area contributed by atoms with Gasteiger partial charge in [-0.1, -0.05) is 11.6 Å². The molecule has 0 saturated carbocycles. The molecule has 0 atom stereocenters. The second-order valence-corrected chi connectivity index (χ2v) is 5.48. The molecule has 6 nitrogen and oxygen atoms in total. The van der Waals surface area contributed by atoms with Crippen molar-refractivity contribution < 1.29 is 14.1 Å². The van der Waals surface area contributed by atoms with Crippen LogP contribution in [0.15, 0.2) is 39.4 Å². The van der Waals surface area contributed by atoms with Gasteiger partial charge < -0.3 is 9.32 Å². The first-order valence-electron chi connectivity index (χ1n) is 5.82. The van der Waals surface area contributed by atoms with E-state index < -0.39 is 4.92 Å². The largest absolute Gasteiger partial charge is 0.452 e. The maximum atomic E-state index is 12.2. The summed E-state index contributed by atoms with van der Waals surface area (Å²) >= 11 is 8.90. The lowest BCUT2D eigenvalue weighted by atomic mass is 10.1. The number of rotatable bonds is 4. The first kappa shape index (κ1) is 15.5. The van der Waals surface area contributed by atoms with Crippen molar-refractivity contribution >= 4 is 39.1 Å². The summed E-state index contributed by atoms with van der Waals surface area (Å²) in [5.74, 6) is 0.239. The highest BCUT2D eigenvalue weighted by molar-refractivity contribution is 9.10. The zero-order valence-electron chi connectivity index (χ0n) is 10.9. The zero-order valence-corrected chi connectivity index (χ0v) is 13.2. The van der Waals surface area contributed by atoms with Crippen LogP contribution in [0.5, 0.6) is 0 Å². The van der Waals surface area contributed by atoms with Crippen LogP contribution in [0.25, 0.3) is 0 Å². The molecule has 0 aliphatic heterocycles. The third-order valence-corrected chi connectivity index (χ3v) is 3.50.